The lowest BCUT2D eigenvalue weighted by atomic mass is 10.4. The minimum absolute atomic E-state index is 0.347. The fourth-order valence-corrected chi connectivity index (χ4v) is 1.98. The molecule has 0 saturated carbocycles. The van der Waals surface area contributed by atoms with Crippen LogP contribution in [-0.2, 0) is 11.3 Å². The predicted octanol–water partition coefficient (Wildman–Crippen LogP) is 1.76. The second-order valence-electron chi connectivity index (χ2n) is 3.73. The number of hydrogen-bond acceptors (Lipinski definition) is 6. The van der Waals surface area contributed by atoms with Crippen LogP contribution in [0, 0.1) is 0 Å². The highest BCUT2D eigenvalue weighted by molar-refractivity contribution is 7.98. The molecule has 0 aromatic carbocycles. The van der Waals surface area contributed by atoms with Gasteiger partial charge in [-0.2, -0.15) is 11.8 Å². The van der Waals surface area contributed by atoms with Crippen LogP contribution in [0.1, 0.15) is 19.7 Å². The third-order valence-corrected chi connectivity index (χ3v) is 2.87. The Hall–Kier alpha value is -1.01. The van der Waals surface area contributed by atoms with E-state index < -0.39 is 0 Å². The summed E-state index contributed by atoms with van der Waals surface area (Å²) in [7, 11) is 0. The second kappa shape index (κ2) is 7.34. The normalized spacial score (nSPS) is 12.4. The van der Waals surface area contributed by atoms with Crippen molar-refractivity contribution in [3.63, 3.8) is 0 Å². The molecule has 17 heavy (non-hydrogen) atoms. The number of nitrogens with zero attached hydrogens (tertiary/aromatic N) is 2. The van der Waals surface area contributed by atoms with Crippen LogP contribution < -0.4 is 11.1 Å². The molecule has 0 amide bonds. The third-order valence-electron chi connectivity index (χ3n) is 2.04. The van der Waals surface area contributed by atoms with E-state index in [4.69, 9.17) is 10.5 Å². The van der Waals surface area contributed by atoms with Crippen LogP contribution in [-0.4, -0.2) is 34.6 Å². The van der Waals surface area contributed by atoms with Crippen LogP contribution >= 0.6 is 11.8 Å². The average molecular weight is 256 g/mol. The Morgan fingerprint density at radius 3 is 2.94 bits per heavy atom. The van der Waals surface area contributed by atoms with E-state index >= 15 is 0 Å². The minimum atomic E-state index is 0.347. The largest absolute Gasteiger partial charge is 0.384 e. The number of hydrogen-bond donors (Lipinski definition) is 2. The van der Waals surface area contributed by atoms with Gasteiger partial charge in [-0.1, -0.05) is 0 Å². The van der Waals surface area contributed by atoms with Gasteiger partial charge in [0.05, 0.1) is 0 Å². The van der Waals surface area contributed by atoms with Crippen molar-refractivity contribution < 1.29 is 4.74 Å². The van der Waals surface area contributed by atoms with Crippen molar-refractivity contribution in [2.75, 3.05) is 29.7 Å². The van der Waals surface area contributed by atoms with Gasteiger partial charge >= 0.3 is 0 Å². The first kappa shape index (κ1) is 14.1. The van der Waals surface area contributed by atoms with Gasteiger partial charge < -0.3 is 15.8 Å². The van der Waals surface area contributed by atoms with Gasteiger partial charge in [-0.25, -0.2) is 9.97 Å². The summed E-state index contributed by atoms with van der Waals surface area (Å²) >= 11 is 1.79. The Labute approximate surface area is 107 Å². The molecule has 3 N–H and O–H groups in total. The molecule has 1 atom stereocenters. The van der Waals surface area contributed by atoms with E-state index in [-0.39, 0.29) is 0 Å². The topological polar surface area (TPSA) is 73.1 Å². The van der Waals surface area contributed by atoms with Crippen LogP contribution in [0.2, 0.25) is 0 Å². The standard InChI is InChI=1S/C11H20N4OS/c1-4-16-6-11-14-9(12)5-10(15-11)13-8(2)7-17-3/h5,8H,4,6-7H2,1-3H3,(H3,12,13,14,15). The molecule has 1 aromatic heterocycles. The lowest BCUT2D eigenvalue weighted by Gasteiger charge is -2.14. The number of ether oxygens (including phenoxy) is 1. The van der Waals surface area contributed by atoms with Crippen molar-refractivity contribution in [1.29, 1.82) is 0 Å². The van der Waals surface area contributed by atoms with Crippen molar-refractivity contribution in [3.05, 3.63) is 11.9 Å². The summed E-state index contributed by atoms with van der Waals surface area (Å²) in [6, 6.07) is 2.09. The van der Waals surface area contributed by atoms with Crippen molar-refractivity contribution >= 4 is 23.4 Å². The molecule has 96 valence electrons. The molecule has 0 aliphatic rings. The maximum atomic E-state index is 5.73. The Kier molecular flexibility index (Phi) is 6.07. The molecule has 0 aliphatic carbocycles. The number of rotatable bonds is 7. The van der Waals surface area contributed by atoms with E-state index in [1.807, 2.05) is 6.92 Å². The monoisotopic (exact) mass is 256 g/mol. The second-order valence-corrected chi connectivity index (χ2v) is 4.64. The summed E-state index contributed by atoms with van der Waals surface area (Å²) in [5.74, 6) is 2.86. The number of nitrogen functional groups attached to an aromatic ring is 1. The number of nitrogens with one attached hydrogen (secondary N) is 1. The number of anilines is 2. The van der Waals surface area contributed by atoms with Crippen LogP contribution in [0.4, 0.5) is 11.6 Å². The van der Waals surface area contributed by atoms with Crippen LogP contribution in [0.5, 0.6) is 0 Å². The Morgan fingerprint density at radius 1 is 1.53 bits per heavy atom. The first-order valence-electron chi connectivity index (χ1n) is 5.62. The molecule has 6 heteroatoms. The number of aromatic nitrogens is 2. The molecular weight excluding hydrogens is 236 g/mol. The van der Waals surface area contributed by atoms with Crippen LogP contribution in [0.25, 0.3) is 0 Å². The molecule has 0 aliphatic heterocycles. The quantitative estimate of drug-likeness (QED) is 0.774. The summed E-state index contributed by atoms with van der Waals surface area (Å²) in [6.45, 7) is 5.08. The molecule has 0 saturated heterocycles. The van der Waals surface area contributed by atoms with Gasteiger partial charge in [0.2, 0.25) is 0 Å². The highest BCUT2D eigenvalue weighted by Crippen LogP contribution is 2.11. The number of nitrogens with two attached hydrogens (primary N) is 1. The van der Waals surface area contributed by atoms with Gasteiger partial charge in [0.1, 0.15) is 18.2 Å². The summed E-state index contributed by atoms with van der Waals surface area (Å²) in [5, 5.41) is 3.29. The maximum absolute atomic E-state index is 5.73. The first-order valence-corrected chi connectivity index (χ1v) is 7.01. The third kappa shape index (κ3) is 5.23. The highest BCUT2D eigenvalue weighted by atomic mass is 32.2. The fraction of sp³-hybridized carbons (Fsp3) is 0.636. The summed E-state index contributed by atoms with van der Waals surface area (Å²) in [5.41, 5.74) is 5.73. The molecule has 0 spiro atoms. The minimum Gasteiger partial charge on any atom is -0.384 e. The van der Waals surface area contributed by atoms with Gasteiger partial charge in [-0.3, -0.25) is 0 Å². The average Bonchev–Trinajstić information content (AvgIpc) is 2.25. The lowest BCUT2D eigenvalue weighted by Crippen LogP contribution is -2.19. The van der Waals surface area contributed by atoms with Gasteiger partial charge in [0.25, 0.3) is 0 Å². The zero-order valence-corrected chi connectivity index (χ0v) is 11.4. The molecular formula is C11H20N4OS. The smallest absolute Gasteiger partial charge is 0.158 e. The zero-order chi connectivity index (χ0) is 12.7. The van der Waals surface area contributed by atoms with E-state index in [0.717, 1.165) is 11.6 Å². The zero-order valence-electron chi connectivity index (χ0n) is 10.6. The van der Waals surface area contributed by atoms with Crippen molar-refractivity contribution in [2.24, 2.45) is 0 Å². The van der Waals surface area contributed by atoms with Gasteiger partial charge in [0.15, 0.2) is 5.82 Å². The predicted molar refractivity (Wildman–Crippen MR) is 73.2 cm³/mol. The summed E-state index contributed by atoms with van der Waals surface area (Å²) in [6.07, 6.45) is 2.08. The Balaban J connectivity index is 2.67. The lowest BCUT2D eigenvalue weighted by molar-refractivity contribution is 0.128. The maximum Gasteiger partial charge on any atom is 0.158 e. The molecule has 0 bridgehead atoms. The summed E-state index contributed by atoms with van der Waals surface area (Å²) in [4.78, 5) is 8.48. The van der Waals surface area contributed by atoms with Crippen LogP contribution in [0.15, 0.2) is 6.07 Å². The van der Waals surface area contributed by atoms with E-state index in [1.165, 1.54) is 0 Å². The van der Waals surface area contributed by atoms with Gasteiger partial charge in [-0.05, 0) is 20.1 Å². The first-order chi connectivity index (χ1) is 8.15. The van der Waals surface area contributed by atoms with Crippen molar-refractivity contribution in [1.82, 2.24) is 9.97 Å². The molecule has 1 heterocycles. The van der Waals surface area contributed by atoms with Gasteiger partial charge in [0, 0.05) is 24.5 Å². The van der Waals surface area contributed by atoms with E-state index in [2.05, 4.69) is 28.5 Å². The molecule has 1 unspecified atom stereocenters. The molecule has 0 radical (unpaired) electrons. The molecule has 1 rings (SSSR count). The fourth-order valence-electron chi connectivity index (χ4n) is 1.39. The Morgan fingerprint density at radius 2 is 2.29 bits per heavy atom. The Bertz CT molecular complexity index is 348. The van der Waals surface area contributed by atoms with Crippen molar-refractivity contribution in [3.8, 4) is 0 Å². The van der Waals surface area contributed by atoms with Crippen LogP contribution in [0.3, 0.4) is 0 Å². The molecule has 0 fully saturated rings. The van der Waals surface area contributed by atoms with Crippen molar-refractivity contribution in [2.45, 2.75) is 26.5 Å². The highest BCUT2D eigenvalue weighted by Gasteiger charge is 2.06. The van der Waals surface area contributed by atoms with E-state index in [0.29, 0.717) is 30.9 Å². The SMILES string of the molecule is CCOCc1nc(N)cc(NC(C)CSC)n1. The van der Waals surface area contributed by atoms with E-state index in [1.54, 1.807) is 17.8 Å². The van der Waals surface area contributed by atoms with Gasteiger partial charge in [-0.15, -0.1) is 0 Å². The molecule has 5 nitrogen and oxygen atoms in total. The number of thioether (sulfide) groups is 1. The van der Waals surface area contributed by atoms with E-state index in [9.17, 15) is 0 Å². The summed E-state index contributed by atoms with van der Waals surface area (Å²) < 4.78 is 5.27. The molecule has 1 aromatic rings.